The van der Waals surface area contributed by atoms with Crippen LogP contribution in [0.25, 0.3) is 0 Å². The van der Waals surface area contributed by atoms with Crippen LogP contribution in [0.1, 0.15) is 51.9 Å². The predicted octanol–water partition coefficient (Wildman–Crippen LogP) is 2.22. The molecule has 3 heteroatoms. The zero-order chi connectivity index (χ0) is 10.9. The van der Waals surface area contributed by atoms with Crippen LogP contribution in [0, 0.1) is 5.92 Å². The number of unbranched alkanes of at least 4 members (excludes halogenated alkanes) is 3. The van der Waals surface area contributed by atoms with Gasteiger partial charge in [0.05, 0.1) is 0 Å². The lowest BCUT2D eigenvalue weighted by Gasteiger charge is -2.29. The molecule has 1 rings (SSSR count). The van der Waals surface area contributed by atoms with E-state index >= 15 is 0 Å². The number of rotatable bonds is 7. The molecule has 0 bridgehead atoms. The first-order chi connectivity index (χ1) is 7.38. The lowest BCUT2D eigenvalue weighted by Crippen LogP contribution is -2.42. The molecule has 1 heterocycles. The first kappa shape index (κ1) is 12.9. The molecule has 0 aliphatic carbocycles. The highest BCUT2D eigenvalue weighted by Crippen LogP contribution is 2.22. The molecule has 1 aliphatic heterocycles. The van der Waals surface area contributed by atoms with E-state index in [9.17, 15) is 0 Å². The molecule has 0 radical (unpaired) electrons. The molecule has 1 aliphatic rings. The summed E-state index contributed by atoms with van der Waals surface area (Å²) in [7, 11) is 0. The van der Waals surface area contributed by atoms with Gasteiger partial charge in [0.1, 0.15) is 0 Å². The highest BCUT2D eigenvalue weighted by Gasteiger charge is 2.22. The van der Waals surface area contributed by atoms with Crippen LogP contribution < -0.4 is 11.3 Å². The summed E-state index contributed by atoms with van der Waals surface area (Å²) < 4.78 is 5.37. The van der Waals surface area contributed by atoms with Crippen LogP contribution in [0.4, 0.5) is 0 Å². The standard InChI is InChI=1S/C12H26N2O/c1-2-3-4-5-6-12(14-13)11-7-9-15-10-8-11/h11-12,14H,2-10,13H2,1H3. The Balaban J connectivity index is 2.15. The average Bonchev–Trinajstić information content (AvgIpc) is 2.30. The van der Waals surface area contributed by atoms with Crippen LogP contribution in [0.15, 0.2) is 0 Å². The Labute approximate surface area is 93.7 Å². The second-order valence-electron chi connectivity index (χ2n) is 4.57. The van der Waals surface area contributed by atoms with Crippen LogP contribution >= 0.6 is 0 Å². The van der Waals surface area contributed by atoms with Crippen molar-refractivity contribution in [2.24, 2.45) is 11.8 Å². The van der Waals surface area contributed by atoms with Gasteiger partial charge in [-0.2, -0.15) is 0 Å². The van der Waals surface area contributed by atoms with Gasteiger partial charge in [0.2, 0.25) is 0 Å². The quantitative estimate of drug-likeness (QED) is 0.388. The van der Waals surface area contributed by atoms with Crippen molar-refractivity contribution >= 4 is 0 Å². The molecule has 0 aromatic heterocycles. The lowest BCUT2D eigenvalue weighted by molar-refractivity contribution is 0.0522. The summed E-state index contributed by atoms with van der Waals surface area (Å²) in [5, 5.41) is 0. The molecule has 1 fully saturated rings. The van der Waals surface area contributed by atoms with Crippen LogP contribution in [0.2, 0.25) is 0 Å². The Morgan fingerprint density at radius 1 is 1.27 bits per heavy atom. The third-order valence-corrected chi connectivity index (χ3v) is 3.42. The number of hydrogen-bond acceptors (Lipinski definition) is 3. The fourth-order valence-electron chi connectivity index (χ4n) is 2.36. The molecule has 90 valence electrons. The monoisotopic (exact) mass is 214 g/mol. The molecule has 0 aromatic carbocycles. The number of hydrogen-bond donors (Lipinski definition) is 2. The van der Waals surface area contributed by atoms with Gasteiger partial charge in [0.15, 0.2) is 0 Å². The van der Waals surface area contributed by atoms with Crippen molar-refractivity contribution in [3.05, 3.63) is 0 Å². The molecule has 1 saturated heterocycles. The van der Waals surface area contributed by atoms with Gasteiger partial charge < -0.3 is 4.74 Å². The van der Waals surface area contributed by atoms with Crippen LogP contribution in [0.5, 0.6) is 0 Å². The van der Waals surface area contributed by atoms with E-state index in [1.54, 1.807) is 0 Å². The maximum atomic E-state index is 5.63. The topological polar surface area (TPSA) is 47.3 Å². The maximum Gasteiger partial charge on any atom is 0.0469 e. The fraction of sp³-hybridized carbons (Fsp3) is 1.00. The molecular formula is C12H26N2O. The third-order valence-electron chi connectivity index (χ3n) is 3.42. The van der Waals surface area contributed by atoms with Crippen molar-refractivity contribution in [1.29, 1.82) is 0 Å². The third kappa shape index (κ3) is 4.96. The molecule has 15 heavy (non-hydrogen) atoms. The first-order valence-electron chi connectivity index (χ1n) is 6.42. The van der Waals surface area contributed by atoms with Crippen molar-refractivity contribution in [2.45, 2.75) is 57.9 Å². The van der Waals surface area contributed by atoms with Crippen molar-refractivity contribution in [3.63, 3.8) is 0 Å². The zero-order valence-corrected chi connectivity index (χ0v) is 10.0. The second kappa shape index (κ2) is 8.08. The van der Waals surface area contributed by atoms with Gasteiger partial charge in [-0.1, -0.05) is 32.6 Å². The molecule has 0 spiro atoms. The molecular weight excluding hydrogens is 188 g/mol. The Morgan fingerprint density at radius 2 is 2.00 bits per heavy atom. The summed E-state index contributed by atoms with van der Waals surface area (Å²) in [4.78, 5) is 0. The van der Waals surface area contributed by atoms with E-state index in [-0.39, 0.29) is 0 Å². The number of hydrazine groups is 1. The minimum absolute atomic E-state index is 0.505. The van der Waals surface area contributed by atoms with E-state index in [2.05, 4.69) is 12.3 Å². The molecule has 3 N–H and O–H groups in total. The number of nitrogens with one attached hydrogen (secondary N) is 1. The maximum absolute atomic E-state index is 5.63. The Morgan fingerprint density at radius 3 is 2.60 bits per heavy atom. The summed E-state index contributed by atoms with van der Waals surface area (Å²) in [6.45, 7) is 4.08. The summed E-state index contributed by atoms with van der Waals surface area (Å²) in [5.74, 6) is 6.35. The second-order valence-corrected chi connectivity index (χ2v) is 4.57. The molecule has 1 unspecified atom stereocenters. The van der Waals surface area contributed by atoms with Crippen LogP contribution in [-0.2, 0) is 4.74 Å². The van der Waals surface area contributed by atoms with Crippen molar-refractivity contribution in [2.75, 3.05) is 13.2 Å². The van der Waals surface area contributed by atoms with Crippen LogP contribution in [-0.4, -0.2) is 19.3 Å². The van der Waals surface area contributed by atoms with Crippen molar-refractivity contribution in [3.8, 4) is 0 Å². The van der Waals surface area contributed by atoms with Crippen molar-refractivity contribution < 1.29 is 4.74 Å². The fourth-order valence-corrected chi connectivity index (χ4v) is 2.36. The molecule has 0 saturated carbocycles. The van der Waals surface area contributed by atoms with Crippen molar-refractivity contribution in [1.82, 2.24) is 5.43 Å². The van der Waals surface area contributed by atoms with Gasteiger partial charge in [0, 0.05) is 19.3 Å². The SMILES string of the molecule is CCCCCCC(NN)C1CCOCC1. The van der Waals surface area contributed by atoms with E-state index in [1.807, 2.05) is 0 Å². The van der Waals surface area contributed by atoms with Gasteiger partial charge in [0.25, 0.3) is 0 Å². The summed E-state index contributed by atoms with van der Waals surface area (Å²) in [6.07, 6.45) is 8.87. The molecule has 3 nitrogen and oxygen atoms in total. The van der Waals surface area contributed by atoms with Gasteiger partial charge >= 0.3 is 0 Å². The predicted molar refractivity (Wildman–Crippen MR) is 63.4 cm³/mol. The van der Waals surface area contributed by atoms with E-state index in [0.29, 0.717) is 6.04 Å². The average molecular weight is 214 g/mol. The summed E-state index contributed by atoms with van der Waals surface area (Å²) in [6, 6.07) is 0.505. The lowest BCUT2D eigenvalue weighted by atomic mass is 9.89. The van der Waals surface area contributed by atoms with Gasteiger partial charge in [-0.3, -0.25) is 11.3 Å². The Kier molecular flexibility index (Phi) is 6.98. The largest absolute Gasteiger partial charge is 0.381 e. The Hall–Kier alpha value is -0.120. The highest BCUT2D eigenvalue weighted by molar-refractivity contribution is 4.76. The normalized spacial score (nSPS) is 20.4. The van der Waals surface area contributed by atoms with Gasteiger partial charge in [-0.15, -0.1) is 0 Å². The number of ether oxygens (including phenoxy) is 1. The summed E-state index contributed by atoms with van der Waals surface area (Å²) >= 11 is 0. The smallest absolute Gasteiger partial charge is 0.0469 e. The molecule has 0 aromatic rings. The first-order valence-corrected chi connectivity index (χ1v) is 6.42. The van der Waals surface area contributed by atoms with E-state index in [4.69, 9.17) is 10.6 Å². The number of nitrogens with two attached hydrogens (primary N) is 1. The molecule has 1 atom stereocenters. The summed E-state index contributed by atoms with van der Waals surface area (Å²) in [5.41, 5.74) is 2.99. The van der Waals surface area contributed by atoms with Crippen LogP contribution in [0.3, 0.4) is 0 Å². The van der Waals surface area contributed by atoms with E-state index in [1.165, 1.54) is 44.9 Å². The van der Waals surface area contributed by atoms with Gasteiger partial charge in [-0.05, 0) is 25.2 Å². The van der Waals surface area contributed by atoms with E-state index in [0.717, 1.165) is 19.1 Å². The Bertz CT molecular complexity index is 147. The minimum Gasteiger partial charge on any atom is -0.381 e. The van der Waals surface area contributed by atoms with Gasteiger partial charge in [-0.25, -0.2) is 0 Å². The minimum atomic E-state index is 0.505. The molecule has 0 amide bonds. The highest BCUT2D eigenvalue weighted by atomic mass is 16.5. The zero-order valence-electron chi connectivity index (χ0n) is 10.0. The van der Waals surface area contributed by atoms with E-state index < -0.39 is 0 Å².